The number of amides is 1. The molecular weight excluding hydrogens is 309 g/mol. The first-order valence-corrected chi connectivity index (χ1v) is 7.61. The topological polar surface area (TPSA) is 52.6 Å². The van der Waals surface area contributed by atoms with Gasteiger partial charge in [-0.1, -0.05) is 24.3 Å². The molecule has 1 aliphatic rings. The molecule has 1 heterocycles. The minimum atomic E-state index is -4.38. The van der Waals surface area contributed by atoms with Crippen LogP contribution in [-0.2, 0) is 11.4 Å². The van der Waals surface area contributed by atoms with Crippen molar-refractivity contribution in [3.05, 3.63) is 35.4 Å². The van der Waals surface area contributed by atoms with Crippen molar-refractivity contribution in [1.82, 2.24) is 10.2 Å². The van der Waals surface area contributed by atoms with Gasteiger partial charge in [0.1, 0.15) is 6.54 Å². The smallest absolute Gasteiger partial charge is 0.392 e. The van der Waals surface area contributed by atoms with Gasteiger partial charge in [0.15, 0.2) is 0 Å². The zero-order valence-electron chi connectivity index (χ0n) is 12.9. The van der Waals surface area contributed by atoms with Gasteiger partial charge in [-0.3, -0.25) is 10.1 Å². The van der Waals surface area contributed by atoms with Crippen LogP contribution in [0, 0.1) is 0 Å². The number of nitrogens with zero attached hydrogens (tertiary/aromatic N) is 1. The zero-order chi connectivity index (χ0) is 17.0. The molecule has 0 aromatic heterocycles. The van der Waals surface area contributed by atoms with Crippen molar-refractivity contribution in [1.29, 1.82) is 0 Å². The summed E-state index contributed by atoms with van der Waals surface area (Å²) < 4.78 is 37.5. The van der Waals surface area contributed by atoms with Gasteiger partial charge in [-0.25, -0.2) is 0 Å². The van der Waals surface area contributed by atoms with Gasteiger partial charge in [0, 0.05) is 12.6 Å². The van der Waals surface area contributed by atoms with Gasteiger partial charge in [0.25, 0.3) is 0 Å². The Kier molecular flexibility index (Phi) is 5.64. The van der Waals surface area contributed by atoms with E-state index in [1.807, 2.05) is 19.1 Å². The zero-order valence-corrected chi connectivity index (χ0v) is 12.9. The van der Waals surface area contributed by atoms with Crippen LogP contribution in [0.15, 0.2) is 24.3 Å². The highest BCUT2D eigenvalue weighted by Gasteiger charge is 2.37. The molecule has 1 amide bonds. The normalized spacial score (nSPS) is 20.7. The molecule has 1 aromatic rings. The lowest BCUT2D eigenvalue weighted by Crippen LogP contribution is -2.53. The van der Waals surface area contributed by atoms with Gasteiger partial charge in [0.05, 0.1) is 12.6 Å². The molecule has 2 N–H and O–H groups in total. The maximum atomic E-state index is 12.5. The lowest BCUT2D eigenvalue weighted by atomic mass is 10.0. The first-order valence-electron chi connectivity index (χ1n) is 7.61. The number of rotatable bonds is 5. The van der Waals surface area contributed by atoms with Gasteiger partial charge in [-0.2, -0.15) is 13.2 Å². The number of piperidine rings is 1. The van der Waals surface area contributed by atoms with E-state index in [2.05, 4.69) is 5.32 Å². The van der Waals surface area contributed by atoms with Crippen LogP contribution in [-0.4, -0.2) is 41.2 Å². The summed E-state index contributed by atoms with van der Waals surface area (Å²) >= 11 is 0. The van der Waals surface area contributed by atoms with E-state index < -0.39 is 24.7 Å². The lowest BCUT2D eigenvalue weighted by molar-refractivity contribution is -0.165. The molecule has 1 aromatic carbocycles. The van der Waals surface area contributed by atoms with E-state index >= 15 is 0 Å². The molecule has 0 saturated carbocycles. The van der Waals surface area contributed by atoms with Crippen LogP contribution >= 0.6 is 0 Å². The molecule has 0 bridgehead atoms. The molecular formula is C16H21F3N2O2. The molecule has 23 heavy (non-hydrogen) atoms. The number of benzene rings is 1. The Morgan fingerprint density at radius 1 is 1.43 bits per heavy atom. The van der Waals surface area contributed by atoms with Crippen molar-refractivity contribution < 1.29 is 23.1 Å². The van der Waals surface area contributed by atoms with E-state index in [1.165, 1.54) is 0 Å². The van der Waals surface area contributed by atoms with Crippen molar-refractivity contribution >= 4 is 5.91 Å². The van der Waals surface area contributed by atoms with Crippen molar-refractivity contribution in [2.75, 3.05) is 13.1 Å². The molecule has 7 heteroatoms. The highest BCUT2D eigenvalue weighted by atomic mass is 19.4. The highest BCUT2D eigenvalue weighted by Crippen LogP contribution is 2.22. The van der Waals surface area contributed by atoms with Crippen LogP contribution in [0.1, 0.15) is 36.9 Å². The van der Waals surface area contributed by atoms with E-state index in [0.717, 1.165) is 16.0 Å². The van der Waals surface area contributed by atoms with Gasteiger partial charge < -0.3 is 10.0 Å². The predicted octanol–water partition coefficient (Wildman–Crippen LogP) is 2.38. The number of hydrogen-bond acceptors (Lipinski definition) is 3. The van der Waals surface area contributed by atoms with Crippen LogP contribution in [0.5, 0.6) is 0 Å². The molecule has 4 nitrogen and oxygen atoms in total. The molecule has 2 atom stereocenters. The fourth-order valence-corrected chi connectivity index (χ4v) is 2.83. The van der Waals surface area contributed by atoms with Crippen LogP contribution in [0.2, 0.25) is 0 Å². The standard InChI is InChI=1S/C16H21F3N2O2/c1-11(13-5-2-4-12(8-13)9-22)20-14-6-3-7-21(15(14)23)10-16(17,18)19/h2,4-5,8,11,14,20,22H,3,6-7,9-10H2,1H3. The second-order valence-electron chi connectivity index (χ2n) is 5.86. The molecule has 1 aliphatic heterocycles. The van der Waals surface area contributed by atoms with Gasteiger partial charge >= 0.3 is 6.18 Å². The fraction of sp³-hybridized carbons (Fsp3) is 0.562. The predicted molar refractivity (Wildman–Crippen MR) is 79.6 cm³/mol. The summed E-state index contributed by atoms with van der Waals surface area (Å²) in [6, 6.07) is 6.46. The van der Waals surface area contributed by atoms with Crippen molar-refractivity contribution in [3.63, 3.8) is 0 Å². The third-order valence-electron chi connectivity index (χ3n) is 3.99. The molecule has 2 rings (SSSR count). The Hall–Kier alpha value is -1.60. The van der Waals surface area contributed by atoms with E-state index in [9.17, 15) is 18.0 Å². The SMILES string of the molecule is CC(NC1CCCN(CC(F)(F)F)C1=O)c1cccc(CO)c1. The van der Waals surface area contributed by atoms with E-state index in [1.54, 1.807) is 12.1 Å². The third-order valence-corrected chi connectivity index (χ3v) is 3.99. The number of alkyl halides is 3. The Balaban J connectivity index is 2.02. The summed E-state index contributed by atoms with van der Waals surface area (Å²) in [6.45, 7) is 0.720. The number of carbonyl (C=O) groups is 1. The average molecular weight is 330 g/mol. The minimum Gasteiger partial charge on any atom is -0.392 e. The second kappa shape index (κ2) is 7.31. The molecule has 128 valence electrons. The maximum absolute atomic E-state index is 12.5. The van der Waals surface area contributed by atoms with Crippen LogP contribution in [0.3, 0.4) is 0 Å². The molecule has 1 saturated heterocycles. The first kappa shape index (κ1) is 17.7. The number of aliphatic hydroxyl groups excluding tert-OH is 1. The number of nitrogens with one attached hydrogen (secondary N) is 1. The van der Waals surface area contributed by atoms with Crippen molar-refractivity contribution in [2.45, 2.75) is 44.6 Å². The van der Waals surface area contributed by atoms with Crippen LogP contribution in [0.4, 0.5) is 13.2 Å². The highest BCUT2D eigenvalue weighted by molar-refractivity contribution is 5.82. The van der Waals surface area contributed by atoms with E-state index in [0.29, 0.717) is 12.8 Å². The summed E-state index contributed by atoms with van der Waals surface area (Å²) in [6.07, 6.45) is -3.31. The average Bonchev–Trinajstić information content (AvgIpc) is 2.50. The summed E-state index contributed by atoms with van der Waals surface area (Å²) in [5, 5.41) is 12.3. The Morgan fingerprint density at radius 2 is 2.17 bits per heavy atom. The number of carbonyl (C=O) groups excluding carboxylic acids is 1. The summed E-state index contributed by atoms with van der Waals surface area (Å²) in [5.74, 6) is -0.501. The summed E-state index contributed by atoms with van der Waals surface area (Å²) in [4.78, 5) is 13.1. The quantitative estimate of drug-likeness (QED) is 0.872. The summed E-state index contributed by atoms with van der Waals surface area (Å²) in [7, 11) is 0. The fourth-order valence-electron chi connectivity index (χ4n) is 2.83. The maximum Gasteiger partial charge on any atom is 0.406 e. The largest absolute Gasteiger partial charge is 0.406 e. The molecule has 0 spiro atoms. The Labute approximate surface area is 133 Å². The van der Waals surface area contributed by atoms with Crippen molar-refractivity contribution in [3.8, 4) is 0 Å². The van der Waals surface area contributed by atoms with E-state index in [-0.39, 0.29) is 19.2 Å². The molecule has 0 aliphatic carbocycles. The number of aliphatic hydroxyl groups is 1. The van der Waals surface area contributed by atoms with Crippen molar-refractivity contribution in [2.24, 2.45) is 0 Å². The number of halogens is 3. The summed E-state index contributed by atoms with van der Waals surface area (Å²) in [5.41, 5.74) is 1.64. The van der Waals surface area contributed by atoms with Crippen LogP contribution in [0.25, 0.3) is 0 Å². The third kappa shape index (κ3) is 4.94. The van der Waals surface area contributed by atoms with E-state index in [4.69, 9.17) is 5.11 Å². The number of likely N-dealkylation sites (tertiary alicyclic amines) is 1. The van der Waals surface area contributed by atoms with Gasteiger partial charge in [-0.05, 0) is 30.9 Å². The Morgan fingerprint density at radius 3 is 2.83 bits per heavy atom. The molecule has 1 fully saturated rings. The Bertz CT molecular complexity index is 548. The first-order chi connectivity index (χ1) is 10.8. The van der Waals surface area contributed by atoms with Gasteiger partial charge in [0.2, 0.25) is 5.91 Å². The monoisotopic (exact) mass is 330 g/mol. The second-order valence-corrected chi connectivity index (χ2v) is 5.86. The van der Waals surface area contributed by atoms with Gasteiger partial charge in [-0.15, -0.1) is 0 Å². The van der Waals surface area contributed by atoms with Crippen LogP contribution < -0.4 is 5.32 Å². The minimum absolute atomic E-state index is 0.0811. The number of hydrogen-bond donors (Lipinski definition) is 2. The molecule has 2 unspecified atom stereocenters. The molecule has 0 radical (unpaired) electrons. The lowest BCUT2D eigenvalue weighted by Gasteiger charge is -2.34.